The molecule has 0 spiro atoms. The topological polar surface area (TPSA) is 335 Å². The lowest BCUT2D eigenvalue weighted by atomic mass is 9.99. The predicted octanol–water partition coefficient (Wildman–Crippen LogP) is 3.84. The number of hydrogen-bond acceptors (Lipinski definition) is 13. The summed E-state index contributed by atoms with van der Waals surface area (Å²) in [6.45, 7) is 3.69. The van der Waals surface area contributed by atoms with Crippen LogP contribution in [-0.4, -0.2) is 124 Å². The molecular weight excluding hydrogens is 1120 g/mol. The van der Waals surface area contributed by atoms with E-state index in [-0.39, 0.29) is 55.9 Å². The zero-order chi connectivity index (χ0) is 60.6. The van der Waals surface area contributed by atoms with Crippen LogP contribution in [0.25, 0.3) is 32.4 Å². The number of phenols is 1. The molecule has 6 aromatic carbocycles. The van der Waals surface area contributed by atoms with Crippen LogP contribution in [0.15, 0.2) is 140 Å². The largest absolute Gasteiger partial charge is 0.508 e. The van der Waals surface area contributed by atoms with Crippen LogP contribution in [0.5, 0.6) is 5.75 Å². The average molecular weight is 1190 g/mol. The van der Waals surface area contributed by atoms with E-state index in [0.29, 0.717) is 29.5 Å². The summed E-state index contributed by atoms with van der Waals surface area (Å²) in [5.74, 6) is -7.08. The summed E-state index contributed by atoms with van der Waals surface area (Å²) in [7, 11) is 2.14. The van der Waals surface area contributed by atoms with Gasteiger partial charge in [0.25, 0.3) is 0 Å². The van der Waals surface area contributed by atoms with Gasteiger partial charge in [0.1, 0.15) is 48.0 Å². The Morgan fingerprint density at radius 3 is 1.84 bits per heavy atom. The van der Waals surface area contributed by atoms with Crippen molar-refractivity contribution in [3.63, 3.8) is 0 Å². The molecule has 2 heterocycles. The summed E-state index contributed by atoms with van der Waals surface area (Å²) in [5.41, 5.74) is 21.8. The number of amides is 8. The standard InChI is InChI=1S/C63H73N11O9S2/c1-36(2)55-63(83)73-54(61(81)69-50(56(66)76)31-39-19-23-41-12-4-6-14-43(41)28-39)35-85-84-34-53(72-57(77)47(65)29-38-18-22-40-11-3-5-13-42(40)27-38)62(82)70-51(30-37-20-24-45(75)25-21-37)59(79)71-52(32-44-33-67-48-16-8-7-15-46(44)48)60(80)68-49(58(78)74-55)17-9-10-26-64/h3-8,11-16,18-25,27-28,33,36,47,49-55,67,75H,9-10,17,26,29-32,34-35,64-65H2,1-2H3,(H2,66,76)(H,68,80)(H,69,81)(H,70,82)(H,71,79)(H,72,77)(H,73,83)(H,74,78)/t47-,49?,50-,51?,52-,53?,54?,55+/m1/s1. The molecule has 1 aliphatic rings. The minimum Gasteiger partial charge on any atom is -0.508 e. The Morgan fingerprint density at radius 1 is 0.624 bits per heavy atom. The van der Waals surface area contributed by atoms with Gasteiger partial charge >= 0.3 is 0 Å². The number of H-pyrrole nitrogens is 1. The number of phenolic OH excluding ortho intramolecular Hbond substituents is 1. The smallest absolute Gasteiger partial charge is 0.244 e. The van der Waals surface area contributed by atoms with Crippen LogP contribution in [0, 0.1) is 5.92 Å². The highest BCUT2D eigenvalue weighted by atomic mass is 33.1. The summed E-state index contributed by atoms with van der Waals surface area (Å²) in [4.78, 5) is 119. The number of benzene rings is 6. The molecular formula is C63H73N11O9S2. The van der Waals surface area contributed by atoms with E-state index in [2.05, 4.69) is 42.2 Å². The SMILES string of the molecule is CC(C)[C@@H]1NC(=O)C(CCCCN)NC(=O)[C@@H](Cc2c[nH]c3ccccc23)NC(=O)C(Cc2ccc(O)cc2)NC(=O)C(NC(=O)[C@H](N)Cc2ccc3ccccc3c2)CSSCC(C(=O)N[C@H](Cc2ccc3ccccc3c2)C(N)=O)NC1=O. The van der Waals surface area contributed by atoms with E-state index < -0.39 is 102 Å². The van der Waals surface area contributed by atoms with Crippen LogP contribution in [0.2, 0.25) is 0 Å². The number of hydrogen-bond donors (Lipinski definition) is 12. The molecule has 8 atom stereocenters. The van der Waals surface area contributed by atoms with E-state index in [9.17, 15) is 43.5 Å². The van der Waals surface area contributed by atoms with Gasteiger partial charge in [0.2, 0.25) is 47.3 Å². The first kappa shape index (κ1) is 62.6. The Labute approximate surface area is 500 Å². The number of carbonyl (C=O) groups is 8. The molecule has 1 aliphatic heterocycles. The van der Waals surface area contributed by atoms with Crippen molar-refractivity contribution < 1.29 is 43.5 Å². The molecule has 7 aromatic rings. The van der Waals surface area contributed by atoms with Crippen LogP contribution in [0.3, 0.4) is 0 Å². The lowest BCUT2D eigenvalue weighted by Gasteiger charge is -2.29. The molecule has 85 heavy (non-hydrogen) atoms. The molecule has 0 radical (unpaired) electrons. The minimum atomic E-state index is -1.41. The molecule has 0 bridgehead atoms. The molecule has 0 saturated carbocycles. The maximum absolute atomic E-state index is 15.0. The van der Waals surface area contributed by atoms with Crippen molar-refractivity contribution in [3.05, 3.63) is 162 Å². The summed E-state index contributed by atoms with van der Waals surface area (Å²) in [6, 6.07) is 29.7. The number of para-hydroxylation sites is 1. The molecule has 0 aliphatic carbocycles. The van der Waals surface area contributed by atoms with Crippen molar-refractivity contribution in [3.8, 4) is 5.75 Å². The van der Waals surface area contributed by atoms with Crippen LogP contribution >= 0.6 is 21.6 Å². The molecule has 446 valence electrons. The molecule has 1 fully saturated rings. The van der Waals surface area contributed by atoms with Crippen molar-refractivity contribution in [2.75, 3.05) is 18.1 Å². The fourth-order valence-corrected chi connectivity index (χ4v) is 12.4. The van der Waals surface area contributed by atoms with Crippen molar-refractivity contribution in [2.24, 2.45) is 23.1 Å². The van der Waals surface area contributed by atoms with E-state index in [4.69, 9.17) is 17.2 Å². The second kappa shape index (κ2) is 29.9. The molecule has 4 unspecified atom stereocenters. The number of carbonyl (C=O) groups excluding carboxylic acids is 8. The Bertz CT molecular complexity index is 3530. The number of primary amides is 1. The summed E-state index contributed by atoms with van der Waals surface area (Å²) in [6.07, 6.45) is 2.56. The van der Waals surface area contributed by atoms with Crippen molar-refractivity contribution >= 4 is 101 Å². The van der Waals surface area contributed by atoms with Crippen LogP contribution in [-0.2, 0) is 64.0 Å². The van der Waals surface area contributed by atoms with E-state index in [1.807, 2.05) is 109 Å². The van der Waals surface area contributed by atoms with E-state index in [1.165, 1.54) is 12.1 Å². The average Bonchev–Trinajstić information content (AvgIpc) is 4.02. The normalized spacial score (nSPS) is 20.3. The number of nitrogens with two attached hydrogens (primary N) is 3. The van der Waals surface area contributed by atoms with Gasteiger partial charge in [-0.3, -0.25) is 38.4 Å². The lowest BCUT2D eigenvalue weighted by Crippen LogP contribution is -2.61. The van der Waals surface area contributed by atoms with Crippen molar-refractivity contribution in [1.82, 2.24) is 42.2 Å². The van der Waals surface area contributed by atoms with Gasteiger partial charge in [-0.1, -0.05) is 151 Å². The summed E-state index contributed by atoms with van der Waals surface area (Å²) >= 11 is 0. The van der Waals surface area contributed by atoms with Crippen molar-refractivity contribution in [2.45, 2.75) is 107 Å². The number of nitrogens with one attached hydrogen (secondary N) is 8. The van der Waals surface area contributed by atoms with Crippen LogP contribution < -0.4 is 54.4 Å². The zero-order valence-corrected chi connectivity index (χ0v) is 48.9. The first-order valence-corrected chi connectivity index (χ1v) is 30.8. The Kier molecular flexibility index (Phi) is 22.0. The highest BCUT2D eigenvalue weighted by molar-refractivity contribution is 8.76. The number of aromatic amines is 1. The lowest BCUT2D eigenvalue weighted by molar-refractivity contribution is -0.136. The fourth-order valence-electron chi connectivity index (χ4n) is 10.1. The molecule has 8 amide bonds. The number of aromatic hydroxyl groups is 1. The van der Waals surface area contributed by atoms with E-state index in [0.717, 1.165) is 59.6 Å². The molecule has 1 saturated heterocycles. The third-order valence-electron chi connectivity index (χ3n) is 14.9. The molecule has 1 aromatic heterocycles. The second-order valence-corrected chi connectivity index (χ2v) is 24.2. The van der Waals surface area contributed by atoms with Gasteiger partial charge in [0, 0.05) is 47.9 Å². The monoisotopic (exact) mass is 1190 g/mol. The Hall–Kier alpha value is -8.44. The first-order valence-electron chi connectivity index (χ1n) is 28.3. The third-order valence-corrected chi connectivity index (χ3v) is 17.3. The van der Waals surface area contributed by atoms with Crippen LogP contribution in [0.4, 0.5) is 0 Å². The zero-order valence-electron chi connectivity index (χ0n) is 47.3. The quantitative estimate of drug-likeness (QED) is 0.0430. The third kappa shape index (κ3) is 17.3. The fraction of sp³-hybridized carbons (Fsp3) is 0.333. The van der Waals surface area contributed by atoms with Gasteiger partial charge in [-0.25, -0.2) is 0 Å². The Balaban J connectivity index is 1.14. The second-order valence-electron chi connectivity index (χ2n) is 21.7. The van der Waals surface area contributed by atoms with Gasteiger partial charge in [-0.05, 0) is 100 Å². The number of aromatic nitrogens is 1. The molecule has 8 rings (SSSR count). The van der Waals surface area contributed by atoms with Crippen LogP contribution in [0.1, 0.15) is 55.4 Å². The highest BCUT2D eigenvalue weighted by Gasteiger charge is 2.36. The van der Waals surface area contributed by atoms with Gasteiger partial charge in [0.15, 0.2) is 0 Å². The molecule has 15 N–H and O–H groups in total. The number of fused-ring (bicyclic) bond motifs is 3. The van der Waals surface area contributed by atoms with Gasteiger partial charge in [0.05, 0.1) is 6.04 Å². The van der Waals surface area contributed by atoms with Gasteiger partial charge in [-0.15, -0.1) is 0 Å². The van der Waals surface area contributed by atoms with Gasteiger partial charge in [-0.2, -0.15) is 0 Å². The predicted molar refractivity (Wildman–Crippen MR) is 332 cm³/mol. The van der Waals surface area contributed by atoms with E-state index >= 15 is 0 Å². The number of unbranched alkanes of at least 4 members (excludes halogenated alkanes) is 1. The summed E-state index contributed by atoms with van der Waals surface area (Å²) < 4.78 is 0. The van der Waals surface area contributed by atoms with E-state index in [1.54, 1.807) is 32.2 Å². The molecule has 22 heteroatoms. The Morgan fingerprint density at radius 2 is 1.19 bits per heavy atom. The van der Waals surface area contributed by atoms with Gasteiger partial charge < -0.3 is 64.5 Å². The maximum Gasteiger partial charge on any atom is 0.244 e. The number of rotatable bonds is 18. The first-order chi connectivity index (χ1) is 40.9. The summed E-state index contributed by atoms with van der Waals surface area (Å²) in [5, 5.41) is 34.5. The van der Waals surface area contributed by atoms with Crippen molar-refractivity contribution in [1.29, 1.82) is 0 Å². The maximum atomic E-state index is 15.0. The minimum absolute atomic E-state index is 0.0182. The highest BCUT2D eigenvalue weighted by Crippen LogP contribution is 2.26. The molecule has 20 nitrogen and oxygen atoms in total.